The van der Waals surface area contributed by atoms with Crippen molar-refractivity contribution in [1.82, 2.24) is 5.32 Å². The van der Waals surface area contributed by atoms with E-state index in [1.54, 1.807) is 0 Å². The molecule has 4 heteroatoms. The lowest BCUT2D eigenvalue weighted by molar-refractivity contribution is -0.133. The van der Waals surface area contributed by atoms with Crippen LogP contribution >= 0.6 is 0 Å². The highest BCUT2D eigenvalue weighted by atomic mass is 19.4. The summed E-state index contributed by atoms with van der Waals surface area (Å²) in [6, 6.07) is 0.295. The third-order valence-electron chi connectivity index (χ3n) is 3.58. The maximum absolute atomic E-state index is 12.0. The summed E-state index contributed by atoms with van der Waals surface area (Å²) in [5, 5.41) is 3.08. The molecule has 16 heavy (non-hydrogen) atoms. The molecule has 0 aromatic carbocycles. The zero-order valence-electron chi connectivity index (χ0n) is 10.1. The molecule has 1 fully saturated rings. The molecule has 1 nitrogen and oxygen atoms in total. The Hall–Kier alpha value is -0.250. The van der Waals surface area contributed by atoms with Crippen molar-refractivity contribution < 1.29 is 13.2 Å². The molecule has 3 atom stereocenters. The van der Waals surface area contributed by atoms with E-state index in [1.807, 2.05) is 0 Å². The molecule has 0 amide bonds. The summed E-state index contributed by atoms with van der Waals surface area (Å²) >= 11 is 0. The lowest BCUT2D eigenvalue weighted by atomic mass is 9.77. The van der Waals surface area contributed by atoms with E-state index in [9.17, 15) is 13.2 Å². The van der Waals surface area contributed by atoms with Gasteiger partial charge >= 0.3 is 6.18 Å². The second kappa shape index (κ2) is 5.89. The summed E-state index contributed by atoms with van der Waals surface area (Å²) in [6.07, 6.45) is -0.363. The van der Waals surface area contributed by atoms with Gasteiger partial charge in [0.2, 0.25) is 0 Å². The van der Waals surface area contributed by atoms with Crippen LogP contribution in [0.2, 0.25) is 0 Å². The van der Waals surface area contributed by atoms with Crippen LogP contribution in [-0.2, 0) is 0 Å². The lowest BCUT2D eigenvalue weighted by Gasteiger charge is -2.35. The summed E-state index contributed by atoms with van der Waals surface area (Å²) in [4.78, 5) is 0. The Morgan fingerprint density at radius 3 is 2.50 bits per heavy atom. The Kier molecular flexibility index (Phi) is 5.09. The van der Waals surface area contributed by atoms with Crippen molar-refractivity contribution in [1.29, 1.82) is 0 Å². The van der Waals surface area contributed by atoms with Gasteiger partial charge in [-0.05, 0) is 31.1 Å². The summed E-state index contributed by atoms with van der Waals surface area (Å²) in [7, 11) is 0. The first-order chi connectivity index (χ1) is 7.42. The molecule has 1 rings (SSSR count). The van der Waals surface area contributed by atoms with Gasteiger partial charge in [0.15, 0.2) is 0 Å². The van der Waals surface area contributed by atoms with E-state index in [4.69, 9.17) is 0 Å². The highest BCUT2D eigenvalue weighted by Gasteiger charge is 2.30. The first-order valence-electron chi connectivity index (χ1n) is 6.22. The van der Waals surface area contributed by atoms with Crippen LogP contribution in [0.25, 0.3) is 0 Å². The lowest BCUT2D eigenvalue weighted by Crippen LogP contribution is -2.41. The van der Waals surface area contributed by atoms with Crippen LogP contribution in [0.4, 0.5) is 13.2 Å². The fourth-order valence-electron chi connectivity index (χ4n) is 2.62. The van der Waals surface area contributed by atoms with Gasteiger partial charge < -0.3 is 5.32 Å². The summed E-state index contributed by atoms with van der Waals surface area (Å²) < 4.78 is 36.0. The minimum absolute atomic E-state index is 0.0685. The highest BCUT2D eigenvalue weighted by molar-refractivity contribution is 4.82. The predicted octanol–water partition coefficient (Wildman–Crippen LogP) is 3.74. The quantitative estimate of drug-likeness (QED) is 0.785. The SMILES string of the molecule is CCC1CC(C)CCC1NCCC(F)(F)F. The second-order valence-electron chi connectivity index (χ2n) is 5.01. The van der Waals surface area contributed by atoms with E-state index < -0.39 is 12.6 Å². The Bertz CT molecular complexity index is 203. The van der Waals surface area contributed by atoms with Gasteiger partial charge in [0, 0.05) is 12.6 Å². The van der Waals surface area contributed by atoms with Gasteiger partial charge in [0.05, 0.1) is 6.42 Å². The second-order valence-corrected chi connectivity index (χ2v) is 5.01. The molecule has 1 saturated carbocycles. The van der Waals surface area contributed by atoms with E-state index in [-0.39, 0.29) is 6.54 Å². The maximum Gasteiger partial charge on any atom is 0.390 e. The van der Waals surface area contributed by atoms with E-state index >= 15 is 0 Å². The van der Waals surface area contributed by atoms with Crippen molar-refractivity contribution in [2.45, 2.75) is 58.2 Å². The van der Waals surface area contributed by atoms with Crippen LogP contribution in [0, 0.1) is 11.8 Å². The molecule has 0 aliphatic heterocycles. The van der Waals surface area contributed by atoms with Gasteiger partial charge in [-0.3, -0.25) is 0 Å². The zero-order chi connectivity index (χ0) is 12.2. The van der Waals surface area contributed by atoms with E-state index in [0.29, 0.717) is 12.0 Å². The summed E-state index contributed by atoms with van der Waals surface area (Å²) in [5.41, 5.74) is 0. The monoisotopic (exact) mass is 237 g/mol. The molecule has 3 unspecified atom stereocenters. The Morgan fingerprint density at radius 1 is 1.25 bits per heavy atom. The molecule has 1 aliphatic carbocycles. The smallest absolute Gasteiger partial charge is 0.313 e. The van der Waals surface area contributed by atoms with Gasteiger partial charge in [-0.1, -0.05) is 20.3 Å². The minimum atomic E-state index is -4.03. The number of halogens is 3. The highest BCUT2D eigenvalue weighted by Crippen LogP contribution is 2.31. The number of hydrogen-bond acceptors (Lipinski definition) is 1. The van der Waals surface area contributed by atoms with Crippen LogP contribution in [0.3, 0.4) is 0 Å². The first kappa shape index (κ1) is 13.8. The van der Waals surface area contributed by atoms with Crippen molar-refractivity contribution in [2.24, 2.45) is 11.8 Å². The van der Waals surface area contributed by atoms with Crippen molar-refractivity contribution in [3.8, 4) is 0 Å². The molecule has 0 bridgehead atoms. The first-order valence-corrected chi connectivity index (χ1v) is 6.22. The molecular weight excluding hydrogens is 215 g/mol. The number of hydrogen-bond donors (Lipinski definition) is 1. The zero-order valence-corrected chi connectivity index (χ0v) is 10.1. The standard InChI is InChI=1S/C12H22F3N/c1-3-10-8-9(2)4-5-11(10)16-7-6-12(13,14)15/h9-11,16H,3-8H2,1-2H3. The van der Waals surface area contributed by atoms with E-state index in [1.165, 1.54) is 0 Å². The molecule has 0 spiro atoms. The maximum atomic E-state index is 12.0. The normalized spacial score (nSPS) is 31.7. The average Bonchev–Trinajstić information content (AvgIpc) is 2.18. The van der Waals surface area contributed by atoms with Crippen LogP contribution in [0.15, 0.2) is 0 Å². The van der Waals surface area contributed by atoms with E-state index in [2.05, 4.69) is 19.2 Å². The van der Waals surface area contributed by atoms with E-state index in [0.717, 1.165) is 31.6 Å². The predicted molar refractivity (Wildman–Crippen MR) is 59.3 cm³/mol. The molecule has 0 saturated heterocycles. The fraction of sp³-hybridized carbons (Fsp3) is 1.00. The van der Waals surface area contributed by atoms with Gasteiger partial charge in [0.25, 0.3) is 0 Å². The van der Waals surface area contributed by atoms with Crippen molar-refractivity contribution >= 4 is 0 Å². The van der Waals surface area contributed by atoms with Crippen LogP contribution in [0.5, 0.6) is 0 Å². The van der Waals surface area contributed by atoms with Gasteiger partial charge in [-0.15, -0.1) is 0 Å². The largest absolute Gasteiger partial charge is 0.390 e. The van der Waals surface area contributed by atoms with Gasteiger partial charge in [0.1, 0.15) is 0 Å². The molecule has 1 N–H and O–H groups in total. The third-order valence-corrected chi connectivity index (χ3v) is 3.58. The van der Waals surface area contributed by atoms with Gasteiger partial charge in [-0.2, -0.15) is 13.2 Å². The molecule has 0 aromatic heterocycles. The molecule has 96 valence electrons. The fourth-order valence-corrected chi connectivity index (χ4v) is 2.62. The number of nitrogens with one attached hydrogen (secondary N) is 1. The van der Waals surface area contributed by atoms with Crippen molar-refractivity contribution in [3.05, 3.63) is 0 Å². The molecular formula is C12H22F3N. The molecule has 1 aliphatic rings. The Morgan fingerprint density at radius 2 is 1.94 bits per heavy atom. The van der Waals surface area contributed by atoms with Crippen LogP contribution < -0.4 is 5.32 Å². The van der Waals surface area contributed by atoms with Crippen LogP contribution in [-0.4, -0.2) is 18.8 Å². The summed E-state index contributed by atoms with van der Waals surface area (Å²) in [6.45, 7) is 4.43. The summed E-state index contributed by atoms with van der Waals surface area (Å²) in [5.74, 6) is 1.28. The average molecular weight is 237 g/mol. The van der Waals surface area contributed by atoms with Crippen molar-refractivity contribution in [2.75, 3.05) is 6.54 Å². The Labute approximate surface area is 95.8 Å². The Balaban J connectivity index is 2.29. The number of alkyl halides is 3. The third kappa shape index (κ3) is 4.73. The van der Waals surface area contributed by atoms with Crippen molar-refractivity contribution in [3.63, 3.8) is 0 Å². The topological polar surface area (TPSA) is 12.0 Å². The van der Waals surface area contributed by atoms with Crippen LogP contribution in [0.1, 0.15) is 46.0 Å². The molecule has 0 aromatic rings. The number of rotatable bonds is 4. The minimum Gasteiger partial charge on any atom is -0.313 e. The van der Waals surface area contributed by atoms with Gasteiger partial charge in [-0.25, -0.2) is 0 Å². The molecule has 0 radical (unpaired) electrons. The molecule has 0 heterocycles.